The van der Waals surface area contributed by atoms with E-state index < -0.39 is 0 Å². The van der Waals surface area contributed by atoms with Gasteiger partial charge >= 0.3 is 0 Å². The minimum absolute atomic E-state index is 0.352. The van der Waals surface area contributed by atoms with E-state index in [1.54, 1.807) is 6.92 Å². The summed E-state index contributed by atoms with van der Waals surface area (Å²) in [7, 11) is 0. The summed E-state index contributed by atoms with van der Waals surface area (Å²) in [5.41, 5.74) is 0. The zero-order chi connectivity index (χ0) is 7.84. The van der Waals surface area contributed by atoms with Crippen LogP contribution in [0.1, 0.15) is 26.2 Å². The molecule has 1 heteroatoms. The lowest BCUT2D eigenvalue weighted by Gasteiger charge is -2.26. The standard InChI is InChI=1S/C10H14O/c1-7(11)10-5-3-8-2-4-9(10)6-8/h2,4,8-10H,3,5-6H2,1H3. The Morgan fingerprint density at radius 2 is 2.18 bits per heavy atom. The molecule has 3 unspecified atom stereocenters. The molecule has 0 saturated heterocycles. The maximum Gasteiger partial charge on any atom is 0.133 e. The van der Waals surface area contributed by atoms with Crippen LogP contribution in [0.15, 0.2) is 12.2 Å². The van der Waals surface area contributed by atoms with Gasteiger partial charge in [-0.2, -0.15) is 0 Å². The van der Waals surface area contributed by atoms with Crippen LogP contribution in [0.5, 0.6) is 0 Å². The topological polar surface area (TPSA) is 17.1 Å². The largest absolute Gasteiger partial charge is 0.300 e. The maximum atomic E-state index is 11.2. The van der Waals surface area contributed by atoms with Crippen molar-refractivity contribution in [2.24, 2.45) is 17.8 Å². The van der Waals surface area contributed by atoms with E-state index in [2.05, 4.69) is 12.2 Å². The molecule has 60 valence electrons. The molecule has 0 heterocycles. The Balaban J connectivity index is 2.13. The second-order valence-electron chi connectivity index (χ2n) is 3.84. The molecule has 2 aliphatic carbocycles. The molecule has 2 rings (SSSR count). The number of Topliss-reactive ketones (excluding diaryl/α,β-unsaturated/α-hetero) is 1. The SMILES string of the molecule is CC(=O)C1CCC2C=CC1C2. The van der Waals surface area contributed by atoms with Crippen LogP contribution in [-0.4, -0.2) is 5.78 Å². The summed E-state index contributed by atoms with van der Waals surface area (Å²) in [6, 6.07) is 0. The normalized spacial score (nSPS) is 41.0. The van der Waals surface area contributed by atoms with Gasteiger partial charge in [0.1, 0.15) is 5.78 Å². The summed E-state index contributed by atoms with van der Waals surface area (Å²) in [6.45, 7) is 1.73. The van der Waals surface area contributed by atoms with E-state index in [4.69, 9.17) is 0 Å². The van der Waals surface area contributed by atoms with E-state index in [9.17, 15) is 4.79 Å². The first-order valence-electron chi connectivity index (χ1n) is 4.46. The highest BCUT2D eigenvalue weighted by molar-refractivity contribution is 5.79. The summed E-state index contributed by atoms with van der Waals surface area (Å²) < 4.78 is 0. The molecule has 0 aromatic rings. The van der Waals surface area contributed by atoms with Gasteiger partial charge < -0.3 is 0 Å². The highest BCUT2D eigenvalue weighted by atomic mass is 16.1. The molecule has 0 aliphatic heterocycles. The monoisotopic (exact) mass is 150 g/mol. The zero-order valence-corrected chi connectivity index (χ0v) is 6.92. The molecule has 1 fully saturated rings. The molecule has 2 aliphatic rings. The van der Waals surface area contributed by atoms with E-state index in [-0.39, 0.29) is 0 Å². The van der Waals surface area contributed by atoms with Crippen molar-refractivity contribution < 1.29 is 4.79 Å². The molecule has 0 aromatic carbocycles. The molecular weight excluding hydrogens is 136 g/mol. The van der Waals surface area contributed by atoms with E-state index in [0.29, 0.717) is 17.6 Å². The Labute approximate surface area is 67.5 Å². The maximum absolute atomic E-state index is 11.2. The van der Waals surface area contributed by atoms with Crippen molar-refractivity contribution in [1.82, 2.24) is 0 Å². The summed E-state index contributed by atoms with van der Waals surface area (Å²) in [5, 5.41) is 0. The Kier molecular flexibility index (Phi) is 1.59. The van der Waals surface area contributed by atoms with Crippen molar-refractivity contribution in [2.45, 2.75) is 26.2 Å². The van der Waals surface area contributed by atoms with Crippen LogP contribution in [-0.2, 0) is 4.79 Å². The van der Waals surface area contributed by atoms with Crippen LogP contribution in [0.4, 0.5) is 0 Å². The highest BCUT2D eigenvalue weighted by Crippen LogP contribution is 2.40. The quantitative estimate of drug-likeness (QED) is 0.523. The van der Waals surface area contributed by atoms with Crippen LogP contribution in [0, 0.1) is 17.8 Å². The van der Waals surface area contributed by atoms with Crippen LogP contribution in [0.25, 0.3) is 0 Å². The Morgan fingerprint density at radius 1 is 1.36 bits per heavy atom. The molecule has 0 spiro atoms. The molecule has 0 radical (unpaired) electrons. The molecule has 1 saturated carbocycles. The third-order valence-corrected chi connectivity index (χ3v) is 3.09. The second kappa shape index (κ2) is 2.47. The van der Waals surface area contributed by atoms with Crippen molar-refractivity contribution in [3.8, 4) is 0 Å². The number of fused-ring (bicyclic) bond motifs is 2. The van der Waals surface area contributed by atoms with Gasteiger partial charge in [-0.15, -0.1) is 0 Å². The summed E-state index contributed by atoms with van der Waals surface area (Å²) >= 11 is 0. The smallest absolute Gasteiger partial charge is 0.133 e. The number of ketones is 1. The van der Waals surface area contributed by atoms with Crippen molar-refractivity contribution in [3.63, 3.8) is 0 Å². The minimum atomic E-state index is 0.352. The van der Waals surface area contributed by atoms with E-state index in [0.717, 1.165) is 12.3 Å². The lowest BCUT2D eigenvalue weighted by Crippen LogP contribution is -2.24. The summed E-state index contributed by atoms with van der Waals surface area (Å²) in [6.07, 6.45) is 8.15. The highest BCUT2D eigenvalue weighted by Gasteiger charge is 2.33. The number of carbonyl (C=O) groups is 1. The molecule has 0 N–H and O–H groups in total. The first-order valence-corrected chi connectivity index (χ1v) is 4.46. The van der Waals surface area contributed by atoms with Crippen LogP contribution >= 0.6 is 0 Å². The van der Waals surface area contributed by atoms with Crippen molar-refractivity contribution in [2.75, 3.05) is 0 Å². The molecule has 1 nitrogen and oxygen atoms in total. The average Bonchev–Trinajstić information content (AvgIpc) is 2.32. The third-order valence-electron chi connectivity index (χ3n) is 3.09. The lowest BCUT2D eigenvalue weighted by atomic mass is 9.77. The van der Waals surface area contributed by atoms with Crippen LogP contribution in [0.3, 0.4) is 0 Å². The lowest BCUT2D eigenvalue weighted by molar-refractivity contribution is -0.122. The first-order chi connectivity index (χ1) is 5.27. The number of hydrogen-bond acceptors (Lipinski definition) is 1. The average molecular weight is 150 g/mol. The molecule has 2 bridgehead atoms. The van der Waals surface area contributed by atoms with Crippen molar-refractivity contribution in [3.05, 3.63) is 12.2 Å². The van der Waals surface area contributed by atoms with Crippen LogP contribution in [0.2, 0.25) is 0 Å². The number of hydrogen-bond donors (Lipinski definition) is 0. The molecule has 0 amide bonds. The van der Waals surface area contributed by atoms with Gasteiger partial charge in [-0.3, -0.25) is 4.79 Å². The molecule has 0 aromatic heterocycles. The van der Waals surface area contributed by atoms with Gasteiger partial charge in [0.05, 0.1) is 0 Å². The van der Waals surface area contributed by atoms with E-state index >= 15 is 0 Å². The number of rotatable bonds is 1. The zero-order valence-electron chi connectivity index (χ0n) is 6.92. The number of allylic oxidation sites excluding steroid dienone is 2. The third kappa shape index (κ3) is 1.13. The Morgan fingerprint density at radius 3 is 2.91 bits per heavy atom. The predicted molar refractivity (Wildman–Crippen MR) is 44.1 cm³/mol. The van der Waals surface area contributed by atoms with Gasteiger partial charge in [-0.25, -0.2) is 0 Å². The molecule has 11 heavy (non-hydrogen) atoms. The van der Waals surface area contributed by atoms with Gasteiger partial charge in [-0.05, 0) is 38.0 Å². The molecule has 3 atom stereocenters. The second-order valence-corrected chi connectivity index (χ2v) is 3.84. The summed E-state index contributed by atoms with van der Waals surface area (Å²) in [4.78, 5) is 11.2. The van der Waals surface area contributed by atoms with Crippen molar-refractivity contribution >= 4 is 5.78 Å². The van der Waals surface area contributed by atoms with Gasteiger partial charge in [0, 0.05) is 5.92 Å². The van der Waals surface area contributed by atoms with E-state index in [1.165, 1.54) is 12.8 Å². The predicted octanol–water partition coefficient (Wildman–Crippen LogP) is 2.18. The minimum Gasteiger partial charge on any atom is -0.300 e. The number of carbonyl (C=O) groups excluding carboxylic acids is 1. The summed E-state index contributed by atoms with van der Waals surface area (Å²) in [5.74, 6) is 2.13. The van der Waals surface area contributed by atoms with Gasteiger partial charge in [-0.1, -0.05) is 12.2 Å². The van der Waals surface area contributed by atoms with Gasteiger partial charge in [0.15, 0.2) is 0 Å². The fourth-order valence-electron chi connectivity index (χ4n) is 2.43. The fraction of sp³-hybridized carbons (Fsp3) is 0.700. The fourth-order valence-corrected chi connectivity index (χ4v) is 2.43. The van der Waals surface area contributed by atoms with Gasteiger partial charge in [0.2, 0.25) is 0 Å². The van der Waals surface area contributed by atoms with Crippen molar-refractivity contribution in [1.29, 1.82) is 0 Å². The Hall–Kier alpha value is -0.590. The Bertz CT molecular complexity index is 205. The van der Waals surface area contributed by atoms with Gasteiger partial charge in [0.25, 0.3) is 0 Å². The van der Waals surface area contributed by atoms with E-state index in [1.807, 2.05) is 0 Å². The molecular formula is C10H14O. The first kappa shape index (κ1) is 7.08. The van der Waals surface area contributed by atoms with Crippen LogP contribution < -0.4 is 0 Å².